The van der Waals surface area contributed by atoms with E-state index in [0.717, 1.165) is 11.4 Å². The van der Waals surface area contributed by atoms with Gasteiger partial charge in [0.2, 0.25) is 0 Å². The summed E-state index contributed by atoms with van der Waals surface area (Å²) in [4.78, 5) is 16.0. The molecule has 17 heavy (non-hydrogen) atoms. The van der Waals surface area contributed by atoms with Crippen LogP contribution in [0.15, 0.2) is 46.5 Å². The summed E-state index contributed by atoms with van der Waals surface area (Å²) in [5.74, 6) is 0.761. The Hall–Kier alpha value is -1.75. The van der Waals surface area contributed by atoms with Gasteiger partial charge in [-0.25, -0.2) is 4.98 Å². The summed E-state index contributed by atoms with van der Waals surface area (Å²) in [5, 5.41) is 0.669. The molecule has 88 valence electrons. The van der Waals surface area contributed by atoms with Crippen LogP contribution in [-0.2, 0) is 0 Å². The standard InChI is InChI=1S/C12H12N2O2S/c1-16-10-5-3-9(4-6-10)14-11(15)7-8-13-12(14)17-2/h3-8H,1-2H3. The van der Waals surface area contributed by atoms with Gasteiger partial charge < -0.3 is 4.74 Å². The van der Waals surface area contributed by atoms with Gasteiger partial charge in [0, 0.05) is 12.3 Å². The highest BCUT2D eigenvalue weighted by molar-refractivity contribution is 7.98. The fourth-order valence-corrected chi connectivity index (χ4v) is 2.05. The fraction of sp³-hybridized carbons (Fsp3) is 0.167. The third-order valence-electron chi connectivity index (χ3n) is 2.33. The summed E-state index contributed by atoms with van der Waals surface area (Å²) in [5.41, 5.74) is 0.697. The Morgan fingerprint density at radius 1 is 1.24 bits per heavy atom. The lowest BCUT2D eigenvalue weighted by molar-refractivity contribution is 0.414. The van der Waals surface area contributed by atoms with Crippen LogP contribution in [0.1, 0.15) is 0 Å². The monoisotopic (exact) mass is 248 g/mol. The maximum Gasteiger partial charge on any atom is 0.258 e. The second-order valence-corrected chi connectivity index (χ2v) is 4.08. The van der Waals surface area contributed by atoms with Gasteiger partial charge in [0.15, 0.2) is 5.16 Å². The molecular weight excluding hydrogens is 236 g/mol. The number of methoxy groups -OCH3 is 1. The van der Waals surface area contributed by atoms with Crippen molar-refractivity contribution in [1.29, 1.82) is 0 Å². The molecule has 0 spiro atoms. The zero-order valence-electron chi connectivity index (χ0n) is 9.58. The predicted octanol–water partition coefficient (Wildman–Crippen LogP) is 1.96. The van der Waals surface area contributed by atoms with Crippen LogP contribution in [0.3, 0.4) is 0 Å². The Balaban J connectivity index is 2.55. The maximum atomic E-state index is 11.8. The molecule has 0 amide bonds. The van der Waals surface area contributed by atoms with E-state index in [1.54, 1.807) is 11.7 Å². The fourth-order valence-electron chi connectivity index (χ4n) is 1.50. The maximum absolute atomic E-state index is 11.8. The van der Waals surface area contributed by atoms with Gasteiger partial charge >= 0.3 is 0 Å². The number of ether oxygens (including phenoxy) is 1. The largest absolute Gasteiger partial charge is 0.497 e. The van der Waals surface area contributed by atoms with Crippen LogP contribution in [0.2, 0.25) is 0 Å². The minimum atomic E-state index is -0.0884. The van der Waals surface area contributed by atoms with Crippen molar-refractivity contribution >= 4 is 11.8 Å². The lowest BCUT2D eigenvalue weighted by Gasteiger charge is -2.09. The topological polar surface area (TPSA) is 44.1 Å². The third kappa shape index (κ3) is 2.34. The molecule has 1 aromatic heterocycles. The molecule has 0 saturated heterocycles. The number of thioether (sulfide) groups is 1. The highest BCUT2D eigenvalue weighted by atomic mass is 32.2. The molecule has 5 heteroatoms. The molecule has 0 saturated carbocycles. The second-order valence-electron chi connectivity index (χ2n) is 3.30. The Morgan fingerprint density at radius 2 is 1.94 bits per heavy atom. The first-order valence-electron chi connectivity index (χ1n) is 5.02. The molecule has 0 N–H and O–H groups in total. The minimum Gasteiger partial charge on any atom is -0.497 e. The predicted molar refractivity (Wildman–Crippen MR) is 68.2 cm³/mol. The summed E-state index contributed by atoms with van der Waals surface area (Å²) in [6, 6.07) is 8.75. The number of benzene rings is 1. The molecule has 0 atom stereocenters. The van der Waals surface area contributed by atoms with E-state index >= 15 is 0 Å². The van der Waals surface area contributed by atoms with Crippen LogP contribution in [0.4, 0.5) is 0 Å². The van der Waals surface area contributed by atoms with Crippen molar-refractivity contribution in [3.8, 4) is 11.4 Å². The van der Waals surface area contributed by atoms with Gasteiger partial charge in [-0.1, -0.05) is 11.8 Å². The normalized spacial score (nSPS) is 10.2. The van der Waals surface area contributed by atoms with Gasteiger partial charge in [-0.3, -0.25) is 9.36 Å². The van der Waals surface area contributed by atoms with Gasteiger partial charge in [0.05, 0.1) is 12.8 Å². The zero-order chi connectivity index (χ0) is 12.3. The molecule has 0 bridgehead atoms. The van der Waals surface area contributed by atoms with E-state index in [2.05, 4.69) is 4.98 Å². The van der Waals surface area contributed by atoms with Gasteiger partial charge in [-0.15, -0.1) is 0 Å². The molecule has 0 aliphatic heterocycles. The van der Waals surface area contributed by atoms with E-state index < -0.39 is 0 Å². The molecule has 4 nitrogen and oxygen atoms in total. The van der Waals surface area contributed by atoms with Crippen LogP contribution < -0.4 is 10.3 Å². The van der Waals surface area contributed by atoms with Crippen molar-refractivity contribution in [2.75, 3.05) is 13.4 Å². The SMILES string of the molecule is COc1ccc(-n2c(SC)nccc2=O)cc1. The molecule has 1 aromatic carbocycles. The van der Waals surface area contributed by atoms with Crippen LogP contribution in [0, 0.1) is 0 Å². The highest BCUT2D eigenvalue weighted by Gasteiger charge is 2.06. The van der Waals surface area contributed by atoms with E-state index in [0.29, 0.717) is 5.16 Å². The molecule has 0 radical (unpaired) electrons. The highest BCUT2D eigenvalue weighted by Crippen LogP contribution is 2.17. The molecule has 1 heterocycles. The Bertz CT molecular complexity index is 563. The lowest BCUT2D eigenvalue weighted by atomic mass is 10.3. The average molecular weight is 248 g/mol. The van der Waals surface area contributed by atoms with E-state index in [1.165, 1.54) is 24.0 Å². The van der Waals surface area contributed by atoms with Crippen LogP contribution in [-0.4, -0.2) is 22.9 Å². The van der Waals surface area contributed by atoms with Crippen molar-refractivity contribution in [1.82, 2.24) is 9.55 Å². The summed E-state index contributed by atoms with van der Waals surface area (Å²) in [6.07, 6.45) is 3.41. The van der Waals surface area contributed by atoms with Crippen LogP contribution in [0.5, 0.6) is 5.75 Å². The summed E-state index contributed by atoms with van der Waals surface area (Å²) < 4.78 is 6.66. The van der Waals surface area contributed by atoms with Gasteiger partial charge in [-0.2, -0.15) is 0 Å². The van der Waals surface area contributed by atoms with Crippen molar-refractivity contribution in [3.63, 3.8) is 0 Å². The van der Waals surface area contributed by atoms with Crippen LogP contribution >= 0.6 is 11.8 Å². The van der Waals surface area contributed by atoms with E-state index in [4.69, 9.17) is 4.74 Å². The number of nitrogens with zero attached hydrogens (tertiary/aromatic N) is 2. The molecular formula is C12H12N2O2S. The average Bonchev–Trinajstić information content (AvgIpc) is 2.38. The number of aromatic nitrogens is 2. The molecule has 2 rings (SSSR count). The summed E-state index contributed by atoms with van der Waals surface area (Å²) >= 11 is 1.43. The lowest BCUT2D eigenvalue weighted by Crippen LogP contribution is -2.19. The minimum absolute atomic E-state index is 0.0884. The first-order chi connectivity index (χ1) is 8.26. The molecule has 0 aliphatic carbocycles. The Labute approximate surface area is 103 Å². The first-order valence-corrected chi connectivity index (χ1v) is 6.25. The smallest absolute Gasteiger partial charge is 0.258 e. The van der Waals surface area contributed by atoms with Crippen LogP contribution in [0.25, 0.3) is 5.69 Å². The summed E-state index contributed by atoms with van der Waals surface area (Å²) in [7, 11) is 1.61. The van der Waals surface area contributed by atoms with Gasteiger partial charge in [0.1, 0.15) is 5.75 Å². The van der Waals surface area contributed by atoms with Crippen molar-refractivity contribution in [3.05, 3.63) is 46.9 Å². The van der Waals surface area contributed by atoms with Gasteiger partial charge in [0.25, 0.3) is 5.56 Å². The van der Waals surface area contributed by atoms with Crippen molar-refractivity contribution in [2.24, 2.45) is 0 Å². The zero-order valence-corrected chi connectivity index (χ0v) is 10.4. The van der Waals surface area contributed by atoms with E-state index in [-0.39, 0.29) is 5.56 Å². The van der Waals surface area contributed by atoms with E-state index in [1.807, 2.05) is 30.5 Å². The second kappa shape index (κ2) is 5.05. The Kier molecular flexibility index (Phi) is 3.49. The third-order valence-corrected chi connectivity index (χ3v) is 2.98. The van der Waals surface area contributed by atoms with Gasteiger partial charge in [-0.05, 0) is 30.5 Å². The molecule has 0 aliphatic rings. The Morgan fingerprint density at radius 3 is 2.53 bits per heavy atom. The van der Waals surface area contributed by atoms with Crippen molar-refractivity contribution < 1.29 is 4.74 Å². The quantitative estimate of drug-likeness (QED) is 0.615. The first kappa shape index (κ1) is 11.7. The van der Waals surface area contributed by atoms with E-state index in [9.17, 15) is 4.79 Å². The number of hydrogen-bond acceptors (Lipinski definition) is 4. The number of rotatable bonds is 3. The summed E-state index contributed by atoms with van der Waals surface area (Å²) in [6.45, 7) is 0. The molecule has 0 fully saturated rings. The van der Waals surface area contributed by atoms with Crippen molar-refractivity contribution in [2.45, 2.75) is 5.16 Å². The number of hydrogen-bond donors (Lipinski definition) is 0. The molecule has 2 aromatic rings. The molecule has 0 unspecified atom stereocenters.